The Balaban J connectivity index is 2.42. The predicted octanol–water partition coefficient (Wildman–Crippen LogP) is 3.40. The van der Waals surface area contributed by atoms with Gasteiger partial charge in [-0.1, -0.05) is 31.6 Å². The summed E-state index contributed by atoms with van der Waals surface area (Å²) in [5.74, 6) is 1.04. The molecule has 0 aliphatic carbocycles. The van der Waals surface area contributed by atoms with Crippen LogP contribution in [0.3, 0.4) is 0 Å². The Labute approximate surface area is 122 Å². The Bertz CT molecular complexity index is 421. The largest absolute Gasteiger partial charge is 0.494 e. The average Bonchev–Trinajstić information content (AvgIpc) is 2.44. The van der Waals surface area contributed by atoms with Gasteiger partial charge in [0, 0.05) is 13.0 Å². The van der Waals surface area contributed by atoms with Crippen LogP contribution in [-0.2, 0) is 4.79 Å². The zero-order valence-corrected chi connectivity index (χ0v) is 12.8. The van der Waals surface area contributed by atoms with Crippen molar-refractivity contribution in [1.29, 1.82) is 0 Å². The molecule has 0 N–H and O–H groups in total. The summed E-state index contributed by atoms with van der Waals surface area (Å²) in [5, 5.41) is 0. The molecule has 0 aliphatic rings. The van der Waals surface area contributed by atoms with Crippen molar-refractivity contribution in [2.45, 2.75) is 26.2 Å². The molecule has 0 fully saturated rings. The van der Waals surface area contributed by atoms with Crippen molar-refractivity contribution in [3.05, 3.63) is 35.9 Å². The SMILES string of the molecule is CCCCOc1ccc(/C=C/C(=O)CCN(C)C)cc1. The maximum absolute atomic E-state index is 11.6. The van der Waals surface area contributed by atoms with Gasteiger partial charge in [0.2, 0.25) is 0 Å². The zero-order valence-electron chi connectivity index (χ0n) is 12.8. The topological polar surface area (TPSA) is 29.5 Å². The highest BCUT2D eigenvalue weighted by Gasteiger charge is 1.98. The van der Waals surface area contributed by atoms with E-state index in [1.54, 1.807) is 6.08 Å². The van der Waals surface area contributed by atoms with Crippen LogP contribution in [0.1, 0.15) is 31.7 Å². The molecule has 20 heavy (non-hydrogen) atoms. The summed E-state index contributed by atoms with van der Waals surface area (Å²) in [6.07, 6.45) is 6.27. The van der Waals surface area contributed by atoms with E-state index in [0.29, 0.717) is 6.42 Å². The molecule has 0 aliphatic heterocycles. The fourth-order valence-electron chi connectivity index (χ4n) is 1.62. The van der Waals surface area contributed by atoms with Crippen LogP contribution in [0, 0.1) is 0 Å². The fraction of sp³-hybridized carbons (Fsp3) is 0.471. The van der Waals surface area contributed by atoms with Crippen LogP contribution < -0.4 is 4.74 Å². The van der Waals surface area contributed by atoms with Crippen molar-refractivity contribution in [2.75, 3.05) is 27.2 Å². The lowest BCUT2D eigenvalue weighted by atomic mass is 10.1. The van der Waals surface area contributed by atoms with Gasteiger partial charge in [-0.25, -0.2) is 0 Å². The van der Waals surface area contributed by atoms with E-state index in [1.807, 2.05) is 49.3 Å². The summed E-state index contributed by atoms with van der Waals surface area (Å²) in [6.45, 7) is 3.69. The zero-order chi connectivity index (χ0) is 14.8. The molecule has 0 heterocycles. The Morgan fingerprint density at radius 1 is 1.25 bits per heavy atom. The van der Waals surface area contributed by atoms with Crippen LogP contribution in [0.2, 0.25) is 0 Å². The standard InChI is InChI=1S/C17H25NO2/c1-4-5-14-20-17-10-7-15(8-11-17)6-9-16(19)12-13-18(2)3/h6-11H,4-5,12-14H2,1-3H3/b9-6+. The number of ether oxygens (including phenoxy) is 1. The highest BCUT2D eigenvalue weighted by atomic mass is 16.5. The fourth-order valence-corrected chi connectivity index (χ4v) is 1.62. The van der Waals surface area contributed by atoms with Gasteiger partial charge in [0.15, 0.2) is 5.78 Å². The normalized spacial score (nSPS) is 11.2. The van der Waals surface area contributed by atoms with Crippen LogP contribution in [0.25, 0.3) is 6.08 Å². The minimum Gasteiger partial charge on any atom is -0.494 e. The van der Waals surface area contributed by atoms with Crippen molar-refractivity contribution in [1.82, 2.24) is 4.90 Å². The number of benzene rings is 1. The van der Waals surface area contributed by atoms with Crippen molar-refractivity contribution >= 4 is 11.9 Å². The lowest BCUT2D eigenvalue weighted by molar-refractivity contribution is -0.114. The molecule has 3 heteroatoms. The smallest absolute Gasteiger partial charge is 0.156 e. The maximum atomic E-state index is 11.6. The van der Waals surface area contributed by atoms with Crippen molar-refractivity contribution in [2.24, 2.45) is 0 Å². The number of unbranched alkanes of at least 4 members (excludes halogenated alkanes) is 1. The lowest BCUT2D eigenvalue weighted by Crippen LogP contribution is -2.15. The van der Waals surface area contributed by atoms with Gasteiger partial charge in [-0.15, -0.1) is 0 Å². The van der Waals surface area contributed by atoms with E-state index in [9.17, 15) is 4.79 Å². The molecule has 0 unspecified atom stereocenters. The van der Waals surface area contributed by atoms with Crippen molar-refractivity contribution in [3.8, 4) is 5.75 Å². The molecule has 0 aromatic heterocycles. The number of nitrogens with zero attached hydrogens (tertiary/aromatic N) is 1. The third-order valence-corrected chi connectivity index (χ3v) is 2.91. The first kappa shape index (κ1) is 16.4. The van der Waals surface area contributed by atoms with E-state index in [0.717, 1.165) is 37.3 Å². The molecule has 0 amide bonds. The summed E-state index contributed by atoms with van der Waals surface area (Å²) >= 11 is 0. The summed E-state index contributed by atoms with van der Waals surface area (Å²) in [6, 6.07) is 7.83. The second-order valence-corrected chi connectivity index (χ2v) is 5.12. The van der Waals surface area contributed by atoms with Gasteiger partial charge >= 0.3 is 0 Å². The van der Waals surface area contributed by atoms with Crippen LogP contribution in [0.4, 0.5) is 0 Å². The van der Waals surface area contributed by atoms with Gasteiger partial charge in [0.1, 0.15) is 5.75 Å². The molecule has 0 radical (unpaired) electrons. The minimum atomic E-state index is 0.155. The van der Waals surface area contributed by atoms with Gasteiger partial charge in [0.25, 0.3) is 0 Å². The Hall–Kier alpha value is -1.61. The molecular weight excluding hydrogens is 250 g/mol. The third-order valence-electron chi connectivity index (χ3n) is 2.91. The van der Waals surface area contributed by atoms with Crippen LogP contribution in [0.15, 0.2) is 30.3 Å². The number of carbonyl (C=O) groups excluding carboxylic acids is 1. The summed E-state index contributed by atoms with van der Waals surface area (Å²) < 4.78 is 5.60. The van der Waals surface area contributed by atoms with Crippen LogP contribution >= 0.6 is 0 Å². The van der Waals surface area contributed by atoms with Crippen molar-refractivity contribution in [3.63, 3.8) is 0 Å². The number of allylic oxidation sites excluding steroid dienone is 1. The average molecular weight is 275 g/mol. The second kappa shape index (κ2) is 9.32. The molecular formula is C17H25NO2. The van der Waals surface area contributed by atoms with Gasteiger partial charge in [-0.05, 0) is 44.3 Å². The molecule has 1 aromatic rings. The van der Waals surface area contributed by atoms with Crippen LogP contribution in [0.5, 0.6) is 5.75 Å². The predicted molar refractivity (Wildman–Crippen MR) is 84.1 cm³/mol. The molecule has 0 bridgehead atoms. The first-order valence-electron chi connectivity index (χ1n) is 7.20. The highest BCUT2D eigenvalue weighted by Crippen LogP contribution is 2.13. The Kier molecular flexibility index (Phi) is 7.66. The van der Waals surface area contributed by atoms with E-state index >= 15 is 0 Å². The summed E-state index contributed by atoms with van der Waals surface area (Å²) in [7, 11) is 3.93. The van der Waals surface area contributed by atoms with E-state index in [1.165, 1.54) is 0 Å². The quantitative estimate of drug-likeness (QED) is 0.511. The number of ketones is 1. The number of rotatable bonds is 9. The molecule has 0 saturated carbocycles. The van der Waals surface area contributed by atoms with E-state index in [-0.39, 0.29) is 5.78 Å². The molecule has 1 aromatic carbocycles. The van der Waals surface area contributed by atoms with Crippen molar-refractivity contribution < 1.29 is 9.53 Å². The molecule has 0 spiro atoms. The Morgan fingerprint density at radius 2 is 1.95 bits per heavy atom. The minimum absolute atomic E-state index is 0.155. The monoisotopic (exact) mass is 275 g/mol. The van der Waals surface area contributed by atoms with Gasteiger partial charge in [-0.3, -0.25) is 4.79 Å². The van der Waals surface area contributed by atoms with E-state index in [4.69, 9.17) is 4.74 Å². The molecule has 0 saturated heterocycles. The molecule has 3 nitrogen and oxygen atoms in total. The van der Waals surface area contributed by atoms with Gasteiger partial charge in [-0.2, -0.15) is 0 Å². The maximum Gasteiger partial charge on any atom is 0.156 e. The summed E-state index contributed by atoms with van der Waals surface area (Å²) in [5.41, 5.74) is 1.02. The molecule has 110 valence electrons. The second-order valence-electron chi connectivity index (χ2n) is 5.12. The van der Waals surface area contributed by atoms with Gasteiger partial charge in [0.05, 0.1) is 6.61 Å². The van der Waals surface area contributed by atoms with E-state index in [2.05, 4.69) is 6.92 Å². The number of hydrogen-bond acceptors (Lipinski definition) is 3. The van der Waals surface area contributed by atoms with E-state index < -0.39 is 0 Å². The molecule has 1 rings (SSSR count). The molecule has 0 atom stereocenters. The Morgan fingerprint density at radius 3 is 2.55 bits per heavy atom. The number of carbonyl (C=O) groups is 1. The van der Waals surface area contributed by atoms with Crippen LogP contribution in [-0.4, -0.2) is 37.9 Å². The third kappa shape index (κ3) is 7.10. The highest BCUT2D eigenvalue weighted by molar-refractivity contribution is 5.93. The number of hydrogen-bond donors (Lipinski definition) is 0. The van der Waals surface area contributed by atoms with Gasteiger partial charge < -0.3 is 9.64 Å². The summed E-state index contributed by atoms with van der Waals surface area (Å²) in [4.78, 5) is 13.6. The first-order valence-corrected chi connectivity index (χ1v) is 7.20. The lowest BCUT2D eigenvalue weighted by Gasteiger charge is -2.06. The first-order chi connectivity index (χ1) is 9.61.